The topological polar surface area (TPSA) is 62.4 Å². The first kappa shape index (κ1) is 17.2. The number of hydrogen-bond donors (Lipinski definition) is 3. The zero-order valence-corrected chi connectivity index (χ0v) is 13.4. The van der Waals surface area contributed by atoms with Gasteiger partial charge < -0.3 is 10.2 Å². The minimum absolute atomic E-state index is 0.0884. The summed E-state index contributed by atoms with van der Waals surface area (Å²) in [5.41, 5.74) is 8.57. The first-order chi connectivity index (χ1) is 9.77. The molecule has 1 rings (SSSR count). The molecule has 1 aliphatic heterocycles. The van der Waals surface area contributed by atoms with E-state index in [0.29, 0.717) is 6.61 Å². The maximum atomic E-state index is 12.1. The van der Waals surface area contributed by atoms with Crippen molar-refractivity contribution < 1.29 is 9.53 Å². The molecule has 0 saturated heterocycles. The number of thioether (sulfide) groups is 1. The van der Waals surface area contributed by atoms with Crippen LogP contribution >= 0.6 is 11.8 Å². The fourth-order valence-electron chi connectivity index (χ4n) is 1.86. The third-order valence-electron chi connectivity index (χ3n) is 3.06. The maximum absolute atomic E-state index is 12.1. The third kappa shape index (κ3) is 7.05. The number of esters is 1. The number of hydrazine groups is 2. The van der Waals surface area contributed by atoms with Gasteiger partial charge in [-0.05, 0) is 12.8 Å². The number of unbranched alkanes of at least 4 members (excludes halogenated alkanes) is 4. The van der Waals surface area contributed by atoms with Crippen LogP contribution in [0.3, 0.4) is 0 Å². The fourth-order valence-corrected chi connectivity index (χ4v) is 2.85. The van der Waals surface area contributed by atoms with Gasteiger partial charge in [0.25, 0.3) is 0 Å². The summed E-state index contributed by atoms with van der Waals surface area (Å²) in [6.45, 7) is 4.85. The first-order valence-corrected chi connectivity index (χ1v) is 8.45. The molecule has 0 bridgehead atoms. The smallest absolute Gasteiger partial charge is 0.319 e. The van der Waals surface area contributed by atoms with Gasteiger partial charge in [-0.3, -0.25) is 10.2 Å². The van der Waals surface area contributed by atoms with Gasteiger partial charge in [0.15, 0.2) is 0 Å². The molecule has 0 aromatic heterocycles. The number of rotatable bonds is 11. The second-order valence-corrected chi connectivity index (χ2v) is 6.12. The Balaban J connectivity index is 2.30. The van der Waals surface area contributed by atoms with Crippen LogP contribution < -0.4 is 16.4 Å². The average molecular weight is 301 g/mol. The highest BCUT2D eigenvalue weighted by atomic mass is 32.2. The molecule has 0 fully saturated rings. The van der Waals surface area contributed by atoms with Crippen molar-refractivity contribution in [1.29, 1.82) is 0 Å². The molecule has 0 spiro atoms. The SMILES string of the molecule is CCCCCCOC(=O)C(CCCC)SC1=CNNN1. The standard InChI is InChI=1S/C14H27N3O2S/c1-3-5-7-8-10-19-14(18)12(9-6-4-2)20-13-11-15-17-16-13/h11-12,15-17H,3-10H2,1-2H3. The molecule has 20 heavy (non-hydrogen) atoms. The average Bonchev–Trinajstić information content (AvgIpc) is 2.96. The van der Waals surface area contributed by atoms with E-state index in [-0.39, 0.29) is 11.2 Å². The number of nitrogens with one attached hydrogen (secondary N) is 3. The maximum Gasteiger partial charge on any atom is 0.319 e. The fraction of sp³-hybridized carbons (Fsp3) is 0.786. The van der Waals surface area contributed by atoms with Gasteiger partial charge in [0.05, 0.1) is 6.61 Å². The summed E-state index contributed by atoms with van der Waals surface area (Å²) >= 11 is 1.52. The summed E-state index contributed by atoms with van der Waals surface area (Å²) in [7, 11) is 0. The quantitative estimate of drug-likeness (QED) is 0.403. The number of hydrogen-bond acceptors (Lipinski definition) is 6. The molecule has 0 aromatic carbocycles. The van der Waals surface area contributed by atoms with Gasteiger partial charge in [-0.15, -0.1) is 0 Å². The summed E-state index contributed by atoms with van der Waals surface area (Å²) in [4.78, 5) is 12.1. The van der Waals surface area contributed by atoms with E-state index < -0.39 is 0 Å². The van der Waals surface area contributed by atoms with Crippen LogP contribution in [0.1, 0.15) is 58.8 Å². The zero-order valence-electron chi connectivity index (χ0n) is 12.5. The minimum Gasteiger partial charge on any atom is -0.465 e. The second-order valence-electron chi connectivity index (χ2n) is 4.88. The normalized spacial score (nSPS) is 15.2. The molecule has 1 unspecified atom stereocenters. The van der Waals surface area contributed by atoms with Crippen LogP contribution in [0.25, 0.3) is 0 Å². The predicted molar refractivity (Wildman–Crippen MR) is 83.5 cm³/mol. The molecule has 1 aliphatic rings. The summed E-state index contributed by atoms with van der Waals surface area (Å²) in [6, 6.07) is 0. The molecule has 0 saturated carbocycles. The molecule has 1 heterocycles. The van der Waals surface area contributed by atoms with Crippen LogP contribution in [0, 0.1) is 0 Å². The largest absolute Gasteiger partial charge is 0.465 e. The van der Waals surface area contributed by atoms with Crippen LogP contribution in [-0.4, -0.2) is 17.8 Å². The van der Waals surface area contributed by atoms with Crippen molar-refractivity contribution in [2.75, 3.05) is 6.61 Å². The highest BCUT2D eigenvalue weighted by molar-refractivity contribution is 8.04. The first-order valence-electron chi connectivity index (χ1n) is 7.58. The van der Waals surface area contributed by atoms with E-state index in [2.05, 4.69) is 30.2 Å². The van der Waals surface area contributed by atoms with Gasteiger partial charge in [0, 0.05) is 6.20 Å². The van der Waals surface area contributed by atoms with Crippen molar-refractivity contribution in [3.8, 4) is 0 Å². The van der Waals surface area contributed by atoms with E-state index in [9.17, 15) is 4.79 Å². The summed E-state index contributed by atoms with van der Waals surface area (Å²) in [5, 5.41) is 0.801. The Morgan fingerprint density at radius 2 is 2.05 bits per heavy atom. The van der Waals surface area contributed by atoms with Gasteiger partial charge in [-0.1, -0.05) is 57.7 Å². The van der Waals surface area contributed by atoms with E-state index in [1.807, 2.05) is 6.20 Å². The predicted octanol–water partition coefficient (Wildman–Crippen LogP) is 2.81. The van der Waals surface area contributed by atoms with Gasteiger partial charge >= 0.3 is 5.97 Å². The Bertz CT molecular complexity index is 311. The van der Waals surface area contributed by atoms with Crippen LogP contribution in [-0.2, 0) is 9.53 Å². The van der Waals surface area contributed by atoms with Crippen molar-refractivity contribution in [1.82, 2.24) is 16.4 Å². The van der Waals surface area contributed by atoms with Crippen LogP contribution in [0.15, 0.2) is 11.2 Å². The molecule has 0 amide bonds. The van der Waals surface area contributed by atoms with E-state index >= 15 is 0 Å². The van der Waals surface area contributed by atoms with Gasteiger partial charge in [-0.25, -0.2) is 0 Å². The van der Waals surface area contributed by atoms with Crippen molar-refractivity contribution in [3.05, 3.63) is 11.2 Å². The molecule has 0 aromatic rings. The Labute approximate surface area is 126 Å². The van der Waals surface area contributed by atoms with Crippen LogP contribution in [0.5, 0.6) is 0 Å². The van der Waals surface area contributed by atoms with Crippen molar-refractivity contribution in [3.63, 3.8) is 0 Å². The van der Waals surface area contributed by atoms with E-state index in [4.69, 9.17) is 4.74 Å². The summed E-state index contributed by atoms with van der Waals surface area (Å²) in [5.74, 6) is -0.0884. The van der Waals surface area contributed by atoms with Crippen molar-refractivity contribution >= 4 is 17.7 Å². The lowest BCUT2D eigenvalue weighted by Gasteiger charge is -2.15. The molecule has 3 N–H and O–H groups in total. The van der Waals surface area contributed by atoms with Gasteiger partial charge in [0.2, 0.25) is 0 Å². The lowest BCUT2D eigenvalue weighted by Crippen LogP contribution is -2.32. The Hall–Kier alpha value is -0.880. The summed E-state index contributed by atoms with van der Waals surface area (Å²) in [6.07, 6.45) is 9.31. The molecule has 0 aliphatic carbocycles. The lowest BCUT2D eigenvalue weighted by atomic mass is 10.2. The van der Waals surface area contributed by atoms with Crippen LogP contribution in [0.2, 0.25) is 0 Å². The summed E-state index contributed by atoms with van der Waals surface area (Å²) < 4.78 is 5.40. The highest BCUT2D eigenvalue weighted by Gasteiger charge is 2.22. The Morgan fingerprint density at radius 1 is 1.25 bits per heavy atom. The third-order valence-corrected chi connectivity index (χ3v) is 4.24. The number of ether oxygens (including phenoxy) is 1. The molecular weight excluding hydrogens is 274 g/mol. The number of carbonyl (C=O) groups is 1. The van der Waals surface area contributed by atoms with Gasteiger partial charge in [0.1, 0.15) is 10.3 Å². The van der Waals surface area contributed by atoms with E-state index in [1.54, 1.807) is 0 Å². The van der Waals surface area contributed by atoms with Crippen molar-refractivity contribution in [2.24, 2.45) is 0 Å². The highest BCUT2D eigenvalue weighted by Crippen LogP contribution is 2.25. The van der Waals surface area contributed by atoms with Gasteiger partial charge in [-0.2, -0.15) is 5.53 Å². The molecular formula is C14H27N3O2S. The molecule has 5 nitrogen and oxygen atoms in total. The van der Waals surface area contributed by atoms with Crippen LogP contribution in [0.4, 0.5) is 0 Å². The second kappa shape index (κ2) is 10.9. The lowest BCUT2D eigenvalue weighted by molar-refractivity contribution is -0.143. The molecule has 116 valence electrons. The number of carbonyl (C=O) groups excluding carboxylic acids is 1. The minimum atomic E-state index is -0.124. The Morgan fingerprint density at radius 3 is 2.70 bits per heavy atom. The Kier molecular flexibility index (Phi) is 9.32. The molecule has 0 radical (unpaired) electrons. The monoisotopic (exact) mass is 301 g/mol. The zero-order chi connectivity index (χ0) is 14.6. The van der Waals surface area contributed by atoms with E-state index in [1.165, 1.54) is 24.6 Å². The molecule has 1 atom stereocenters. The van der Waals surface area contributed by atoms with E-state index in [0.717, 1.165) is 37.1 Å². The molecule has 6 heteroatoms. The van der Waals surface area contributed by atoms with Crippen molar-refractivity contribution in [2.45, 2.75) is 64.0 Å².